The van der Waals surface area contributed by atoms with E-state index in [1.54, 1.807) is 7.11 Å². The van der Waals surface area contributed by atoms with E-state index in [4.69, 9.17) is 9.47 Å². The quantitative estimate of drug-likeness (QED) is 0.693. The van der Waals surface area contributed by atoms with Crippen molar-refractivity contribution < 1.29 is 9.47 Å². The minimum absolute atomic E-state index is 0.240. The van der Waals surface area contributed by atoms with Crippen molar-refractivity contribution in [1.82, 2.24) is 25.1 Å². The first-order valence-electron chi connectivity index (χ1n) is 11.1. The minimum Gasteiger partial charge on any atom is -0.467 e. The van der Waals surface area contributed by atoms with E-state index < -0.39 is 0 Å². The molecule has 5 rings (SSSR count). The fourth-order valence-corrected chi connectivity index (χ4v) is 4.77. The smallest absolute Gasteiger partial charge is 0.320 e. The van der Waals surface area contributed by atoms with Crippen molar-refractivity contribution in [2.75, 3.05) is 44.9 Å². The van der Waals surface area contributed by atoms with Crippen LogP contribution in [0.3, 0.4) is 0 Å². The van der Waals surface area contributed by atoms with Gasteiger partial charge in [0.25, 0.3) is 0 Å². The Balaban J connectivity index is 1.59. The van der Waals surface area contributed by atoms with Crippen molar-refractivity contribution in [1.29, 1.82) is 0 Å². The lowest BCUT2D eigenvalue weighted by molar-refractivity contribution is 0.0984. The van der Waals surface area contributed by atoms with Gasteiger partial charge in [0.1, 0.15) is 5.82 Å². The van der Waals surface area contributed by atoms with Crippen molar-refractivity contribution in [2.24, 2.45) is 0 Å². The van der Waals surface area contributed by atoms with Gasteiger partial charge in [-0.3, -0.25) is 0 Å². The Labute approximate surface area is 182 Å². The molecule has 2 saturated heterocycles. The Morgan fingerprint density at radius 2 is 1.94 bits per heavy atom. The Bertz CT molecular complexity index is 1080. The molecule has 2 fully saturated rings. The zero-order chi connectivity index (χ0) is 21.4. The van der Waals surface area contributed by atoms with E-state index in [9.17, 15) is 0 Å². The van der Waals surface area contributed by atoms with Crippen LogP contribution >= 0.6 is 0 Å². The third kappa shape index (κ3) is 3.85. The summed E-state index contributed by atoms with van der Waals surface area (Å²) in [5.74, 6) is 2.14. The monoisotopic (exact) mass is 422 g/mol. The number of aromatic nitrogens is 4. The van der Waals surface area contributed by atoms with Gasteiger partial charge in [0.05, 0.1) is 38.1 Å². The minimum atomic E-state index is 0.240. The molecule has 2 aliphatic rings. The lowest BCUT2D eigenvalue weighted by Crippen LogP contribution is -2.44. The summed E-state index contributed by atoms with van der Waals surface area (Å²) in [6.45, 7) is 8.67. The average Bonchev–Trinajstić information content (AvgIpc) is 3.21. The van der Waals surface area contributed by atoms with Crippen LogP contribution in [0.15, 0.2) is 24.4 Å². The highest BCUT2D eigenvalue weighted by molar-refractivity contribution is 5.82. The Morgan fingerprint density at radius 1 is 1.13 bits per heavy atom. The second kappa shape index (κ2) is 8.43. The van der Waals surface area contributed by atoms with Crippen LogP contribution in [-0.2, 0) is 4.74 Å². The number of piperidine rings is 1. The highest BCUT2D eigenvalue weighted by Gasteiger charge is 2.23. The largest absolute Gasteiger partial charge is 0.467 e. The molecule has 1 atom stereocenters. The number of hydrogen-bond donors (Lipinski definition) is 1. The first-order valence-corrected chi connectivity index (χ1v) is 11.1. The van der Waals surface area contributed by atoms with E-state index in [1.165, 1.54) is 24.0 Å². The molecule has 8 heteroatoms. The van der Waals surface area contributed by atoms with E-state index in [2.05, 4.69) is 51.3 Å². The summed E-state index contributed by atoms with van der Waals surface area (Å²) in [5.41, 5.74) is 3.82. The summed E-state index contributed by atoms with van der Waals surface area (Å²) in [6, 6.07) is 7.14. The van der Waals surface area contributed by atoms with E-state index in [-0.39, 0.29) is 6.04 Å². The van der Waals surface area contributed by atoms with Gasteiger partial charge in [-0.25, -0.2) is 4.68 Å². The number of fused-ring (bicyclic) bond motifs is 1. The number of morpholine rings is 1. The SMILES string of the molecule is COc1nc(N2CCOCC2C)cc(-n2ncc3cc(C)c(C4CCNCC4)cc32)n1. The summed E-state index contributed by atoms with van der Waals surface area (Å²) in [4.78, 5) is 11.5. The molecular weight excluding hydrogens is 392 g/mol. The molecule has 3 aromatic rings. The van der Waals surface area contributed by atoms with Gasteiger partial charge >= 0.3 is 6.01 Å². The van der Waals surface area contributed by atoms with Crippen molar-refractivity contribution in [2.45, 2.75) is 38.6 Å². The second-order valence-corrected chi connectivity index (χ2v) is 8.54. The molecule has 1 unspecified atom stereocenters. The molecule has 0 bridgehead atoms. The maximum Gasteiger partial charge on any atom is 0.320 e. The Hall–Kier alpha value is -2.71. The topological polar surface area (TPSA) is 77.3 Å². The third-order valence-corrected chi connectivity index (χ3v) is 6.47. The molecule has 1 N–H and O–H groups in total. The lowest BCUT2D eigenvalue weighted by atomic mass is 9.87. The normalized spacial score (nSPS) is 20.4. The standard InChI is InChI=1S/C23H30N6O2/c1-15-10-18-13-25-29(20(18)11-19(15)17-4-6-24-7-5-17)22-12-21(26-23(27-22)30-3)28-8-9-31-14-16(28)2/h10-13,16-17,24H,4-9,14H2,1-3H3. The molecule has 2 aliphatic heterocycles. The zero-order valence-corrected chi connectivity index (χ0v) is 18.5. The van der Waals surface area contributed by atoms with Gasteiger partial charge in [-0.15, -0.1) is 0 Å². The van der Waals surface area contributed by atoms with Gasteiger partial charge in [0.2, 0.25) is 0 Å². The van der Waals surface area contributed by atoms with Gasteiger partial charge in [0, 0.05) is 18.0 Å². The van der Waals surface area contributed by atoms with Crippen LogP contribution in [0.2, 0.25) is 0 Å². The van der Waals surface area contributed by atoms with Crippen molar-refractivity contribution in [3.05, 3.63) is 35.5 Å². The maximum absolute atomic E-state index is 5.59. The van der Waals surface area contributed by atoms with Gasteiger partial charge in [0.15, 0.2) is 5.82 Å². The van der Waals surface area contributed by atoms with E-state index in [0.717, 1.165) is 42.2 Å². The van der Waals surface area contributed by atoms with E-state index in [1.807, 2.05) is 16.9 Å². The molecular formula is C23H30N6O2. The number of hydrogen-bond acceptors (Lipinski definition) is 7. The fraction of sp³-hybridized carbons (Fsp3) is 0.522. The number of rotatable bonds is 4. The number of aryl methyl sites for hydroxylation is 1. The molecule has 0 amide bonds. The number of benzene rings is 1. The average molecular weight is 423 g/mol. The summed E-state index contributed by atoms with van der Waals surface area (Å²) in [6.07, 6.45) is 4.25. The molecule has 2 aromatic heterocycles. The Morgan fingerprint density at radius 3 is 2.71 bits per heavy atom. The van der Waals surface area contributed by atoms with Gasteiger partial charge < -0.3 is 19.7 Å². The van der Waals surface area contributed by atoms with Crippen molar-refractivity contribution in [3.8, 4) is 11.8 Å². The predicted octanol–water partition coefficient (Wildman–Crippen LogP) is 2.82. The molecule has 0 radical (unpaired) electrons. The first-order chi connectivity index (χ1) is 15.1. The third-order valence-electron chi connectivity index (χ3n) is 6.47. The number of anilines is 1. The van der Waals surface area contributed by atoms with Crippen LogP contribution in [0.1, 0.15) is 36.8 Å². The lowest BCUT2D eigenvalue weighted by Gasteiger charge is -2.34. The molecule has 4 heterocycles. The van der Waals surface area contributed by atoms with Crippen LogP contribution in [0.4, 0.5) is 5.82 Å². The van der Waals surface area contributed by atoms with Crippen LogP contribution in [0.25, 0.3) is 16.7 Å². The maximum atomic E-state index is 5.59. The number of methoxy groups -OCH3 is 1. The van der Waals surface area contributed by atoms with Gasteiger partial charge in [-0.1, -0.05) is 0 Å². The summed E-state index contributed by atoms with van der Waals surface area (Å²) < 4.78 is 13.0. The molecule has 1 aromatic carbocycles. The van der Waals surface area contributed by atoms with Crippen LogP contribution < -0.4 is 15.0 Å². The molecule has 0 spiro atoms. The van der Waals surface area contributed by atoms with Crippen LogP contribution in [0.5, 0.6) is 6.01 Å². The first kappa shape index (κ1) is 20.2. The summed E-state index contributed by atoms with van der Waals surface area (Å²) in [7, 11) is 1.60. The molecule has 0 aliphatic carbocycles. The van der Waals surface area contributed by atoms with E-state index >= 15 is 0 Å². The molecule has 164 valence electrons. The fourth-order valence-electron chi connectivity index (χ4n) is 4.77. The highest BCUT2D eigenvalue weighted by Crippen LogP contribution is 2.32. The van der Waals surface area contributed by atoms with Crippen molar-refractivity contribution >= 4 is 16.7 Å². The van der Waals surface area contributed by atoms with Gasteiger partial charge in [-0.2, -0.15) is 15.1 Å². The van der Waals surface area contributed by atoms with Crippen LogP contribution in [0, 0.1) is 6.92 Å². The molecule has 0 saturated carbocycles. The van der Waals surface area contributed by atoms with Gasteiger partial charge in [-0.05, 0) is 69.0 Å². The van der Waals surface area contributed by atoms with Crippen LogP contribution in [-0.4, -0.2) is 65.7 Å². The highest BCUT2D eigenvalue weighted by atomic mass is 16.5. The molecule has 31 heavy (non-hydrogen) atoms. The number of nitrogens with one attached hydrogen (secondary N) is 1. The zero-order valence-electron chi connectivity index (χ0n) is 18.5. The summed E-state index contributed by atoms with van der Waals surface area (Å²) >= 11 is 0. The van der Waals surface area contributed by atoms with Crippen molar-refractivity contribution in [3.63, 3.8) is 0 Å². The molecule has 8 nitrogen and oxygen atoms in total. The predicted molar refractivity (Wildman–Crippen MR) is 120 cm³/mol. The van der Waals surface area contributed by atoms with E-state index in [0.29, 0.717) is 25.1 Å². The number of nitrogens with zero attached hydrogens (tertiary/aromatic N) is 5. The Kier molecular flexibility index (Phi) is 5.50. The summed E-state index contributed by atoms with van der Waals surface area (Å²) in [5, 5.41) is 9.27. The number of ether oxygens (including phenoxy) is 2. The second-order valence-electron chi connectivity index (χ2n) is 8.54.